The van der Waals surface area contributed by atoms with Crippen LogP contribution in [-0.2, 0) is 27.3 Å². The number of rotatable bonds is 8. The van der Waals surface area contributed by atoms with Crippen LogP contribution in [0.25, 0.3) is 0 Å². The van der Waals surface area contributed by atoms with Crippen LogP contribution in [0.5, 0.6) is 0 Å². The number of hydrogen-bond donors (Lipinski definition) is 1. The van der Waals surface area contributed by atoms with Crippen molar-refractivity contribution in [1.29, 1.82) is 0 Å². The molecule has 0 saturated heterocycles. The summed E-state index contributed by atoms with van der Waals surface area (Å²) in [5.41, 5.74) is 2.36. The van der Waals surface area contributed by atoms with Crippen LogP contribution < -0.4 is 5.32 Å². The summed E-state index contributed by atoms with van der Waals surface area (Å²) in [5, 5.41) is 2.77. The molecule has 1 unspecified atom stereocenters. The molecule has 3 aromatic rings. The van der Waals surface area contributed by atoms with Gasteiger partial charge in [0.05, 0.1) is 12.7 Å². The van der Waals surface area contributed by atoms with Crippen LogP contribution >= 0.6 is 0 Å². The lowest BCUT2D eigenvalue weighted by atomic mass is 10.1. The fraction of sp³-hybridized carbons (Fsp3) is 0.160. The molecule has 3 rings (SSSR count). The molecule has 0 aliphatic heterocycles. The first-order valence-corrected chi connectivity index (χ1v) is 9.80. The lowest BCUT2D eigenvalue weighted by Crippen LogP contribution is -2.43. The maximum atomic E-state index is 12.8. The van der Waals surface area contributed by atoms with Crippen molar-refractivity contribution in [1.82, 2.24) is 5.32 Å². The minimum absolute atomic E-state index is 0.0316. The Morgan fingerprint density at radius 3 is 2.10 bits per heavy atom. The Labute approximate surface area is 180 Å². The smallest absolute Gasteiger partial charge is 0.337 e. The van der Waals surface area contributed by atoms with Gasteiger partial charge in [0.1, 0.15) is 12.6 Å². The monoisotopic (exact) mass is 417 g/mol. The summed E-state index contributed by atoms with van der Waals surface area (Å²) >= 11 is 0. The zero-order valence-corrected chi connectivity index (χ0v) is 17.1. The van der Waals surface area contributed by atoms with Crippen molar-refractivity contribution in [2.75, 3.05) is 7.11 Å². The van der Waals surface area contributed by atoms with Gasteiger partial charge in [0.15, 0.2) is 0 Å². The molecule has 1 atom stereocenters. The number of amides is 1. The van der Waals surface area contributed by atoms with Gasteiger partial charge in [-0.3, -0.25) is 4.79 Å². The van der Waals surface area contributed by atoms with Gasteiger partial charge in [-0.05, 0) is 35.4 Å². The topological polar surface area (TPSA) is 81.7 Å². The molecule has 6 heteroatoms. The predicted octanol–water partition coefficient (Wildman–Crippen LogP) is 3.56. The Morgan fingerprint density at radius 1 is 0.806 bits per heavy atom. The summed E-state index contributed by atoms with van der Waals surface area (Å²) in [6, 6.07) is 23.9. The number of nitrogens with one attached hydrogen (secondary N) is 1. The molecule has 1 amide bonds. The summed E-state index contributed by atoms with van der Waals surface area (Å²) in [7, 11) is 1.30. The minimum Gasteiger partial charge on any atom is -0.465 e. The van der Waals surface area contributed by atoms with E-state index in [1.807, 2.05) is 36.4 Å². The second-order valence-electron chi connectivity index (χ2n) is 6.88. The number of benzene rings is 3. The van der Waals surface area contributed by atoms with Crippen LogP contribution in [-0.4, -0.2) is 31.0 Å². The van der Waals surface area contributed by atoms with Crippen LogP contribution in [0.4, 0.5) is 0 Å². The second-order valence-corrected chi connectivity index (χ2v) is 6.88. The van der Waals surface area contributed by atoms with Gasteiger partial charge in [0.25, 0.3) is 5.91 Å². The maximum Gasteiger partial charge on any atom is 0.337 e. The molecule has 31 heavy (non-hydrogen) atoms. The van der Waals surface area contributed by atoms with Crippen molar-refractivity contribution in [3.63, 3.8) is 0 Å². The third kappa shape index (κ3) is 6.27. The summed E-state index contributed by atoms with van der Waals surface area (Å²) in [6.45, 7) is -0.0316. The second kappa shape index (κ2) is 10.7. The molecule has 0 aliphatic carbocycles. The molecule has 0 aromatic heterocycles. The highest BCUT2D eigenvalue weighted by atomic mass is 16.5. The van der Waals surface area contributed by atoms with Gasteiger partial charge < -0.3 is 14.8 Å². The molecule has 0 saturated carbocycles. The van der Waals surface area contributed by atoms with E-state index in [9.17, 15) is 14.4 Å². The Kier molecular flexibility index (Phi) is 7.54. The van der Waals surface area contributed by atoms with E-state index in [0.29, 0.717) is 23.1 Å². The third-order valence-corrected chi connectivity index (χ3v) is 4.64. The molecule has 0 bridgehead atoms. The van der Waals surface area contributed by atoms with E-state index in [2.05, 4.69) is 5.32 Å². The van der Waals surface area contributed by atoms with Gasteiger partial charge in [-0.15, -0.1) is 0 Å². The fourth-order valence-electron chi connectivity index (χ4n) is 3.04. The highest BCUT2D eigenvalue weighted by Gasteiger charge is 2.23. The van der Waals surface area contributed by atoms with Gasteiger partial charge in [0, 0.05) is 12.0 Å². The van der Waals surface area contributed by atoms with E-state index >= 15 is 0 Å². The van der Waals surface area contributed by atoms with E-state index < -0.39 is 18.0 Å². The zero-order chi connectivity index (χ0) is 22.1. The molecule has 3 aromatic carbocycles. The summed E-state index contributed by atoms with van der Waals surface area (Å²) in [5.74, 6) is -1.38. The standard InChI is InChI=1S/C25H23NO5/c1-30-24(28)21-14-8-11-19(15-21)17-31-25(29)22(16-18-9-4-2-5-10-18)26-23(27)20-12-6-3-7-13-20/h2-15,22H,16-17H2,1H3,(H,26,27). The van der Waals surface area contributed by atoms with Crippen LogP contribution in [0.2, 0.25) is 0 Å². The van der Waals surface area contributed by atoms with Crippen molar-refractivity contribution in [3.8, 4) is 0 Å². The Morgan fingerprint density at radius 2 is 1.42 bits per heavy atom. The minimum atomic E-state index is -0.862. The largest absolute Gasteiger partial charge is 0.465 e. The third-order valence-electron chi connectivity index (χ3n) is 4.64. The molecule has 0 heterocycles. The van der Waals surface area contributed by atoms with Gasteiger partial charge in [0.2, 0.25) is 0 Å². The van der Waals surface area contributed by atoms with Gasteiger partial charge in [-0.2, -0.15) is 0 Å². The first-order chi connectivity index (χ1) is 15.1. The van der Waals surface area contributed by atoms with Crippen LogP contribution in [0.15, 0.2) is 84.9 Å². The Bertz CT molecular complexity index is 1030. The number of hydrogen-bond acceptors (Lipinski definition) is 5. The van der Waals surface area contributed by atoms with Crippen molar-refractivity contribution < 1.29 is 23.9 Å². The molecule has 158 valence electrons. The normalized spacial score (nSPS) is 11.3. The molecular formula is C25H23NO5. The molecule has 6 nitrogen and oxygen atoms in total. The van der Waals surface area contributed by atoms with Crippen molar-refractivity contribution in [2.45, 2.75) is 19.1 Å². The molecule has 0 spiro atoms. The molecular weight excluding hydrogens is 394 g/mol. The van der Waals surface area contributed by atoms with E-state index in [-0.39, 0.29) is 12.5 Å². The van der Waals surface area contributed by atoms with Crippen LogP contribution in [0, 0.1) is 0 Å². The van der Waals surface area contributed by atoms with Gasteiger partial charge >= 0.3 is 11.9 Å². The Hall–Kier alpha value is -3.93. The fourth-order valence-corrected chi connectivity index (χ4v) is 3.04. The highest BCUT2D eigenvalue weighted by Crippen LogP contribution is 2.11. The SMILES string of the molecule is COC(=O)c1cccc(COC(=O)C(Cc2ccccc2)NC(=O)c2ccccc2)c1. The molecule has 0 aliphatic rings. The van der Waals surface area contributed by atoms with E-state index in [4.69, 9.17) is 9.47 Å². The maximum absolute atomic E-state index is 12.8. The number of carbonyl (C=O) groups is 3. The summed E-state index contributed by atoms with van der Waals surface area (Å²) in [6.07, 6.45) is 0.292. The Balaban J connectivity index is 1.71. The average molecular weight is 417 g/mol. The quantitative estimate of drug-likeness (QED) is 0.567. The number of esters is 2. The van der Waals surface area contributed by atoms with Gasteiger partial charge in [-0.1, -0.05) is 60.7 Å². The molecule has 0 radical (unpaired) electrons. The van der Waals surface area contributed by atoms with Crippen molar-refractivity contribution in [3.05, 3.63) is 107 Å². The van der Waals surface area contributed by atoms with Crippen molar-refractivity contribution >= 4 is 17.8 Å². The predicted molar refractivity (Wildman–Crippen MR) is 115 cm³/mol. The van der Waals surface area contributed by atoms with Gasteiger partial charge in [-0.25, -0.2) is 9.59 Å². The molecule has 1 N–H and O–H groups in total. The van der Waals surface area contributed by atoms with E-state index in [0.717, 1.165) is 5.56 Å². The van der Waals surface area contributed by atoms with Crippen LogP contribution in [0.1, 0.15) is 31.8 Å². The summed E-state index contributed by atoms with van der Waals surface area (Å²) < 4.78 is 10.2. The zero-order valence-electron chi connectivity index (χ0n) is 17.1. The number of ether oxygens (including phenoxy) is 2. The molecule has 0 fully saturated rings. The van der Waals surface area contributed by atoms with Crippen LogP contribution in [0.3, 0.4) is 0 Å². The van der Waals surface area contributed by atoms with E-state index in [1.54, 1.807) is 48.5 Å². The summed E-state index contributed by atoms with van der Waals surface area (Å²) in [4.78, 5) is 37.1. The average Bonchev–Trinajstić information content (AvgIpc) is 2.83. The highest BCUT2D eigenvalue weighted by molar-refractivity contribution is 5.96. The number of carbonyl (C=O) groups excluding carboxylic acids is 3. The lowest BCUT2D eigenvalue weighted by Gasteiger charge is -2.18. The van der Waals surface area contributed by atoms with Crippen molar-refractivity contribution in [2.24, 2.45) is 0 Å². The first-order valence-electron chi connectivity index (χ1n) is 9.80. The first kappa shape index (κ1) is 21.8. The number of methoxy groups -OCH3 is 1. The lowest BCUT2D eigenvalue weighted by molar-refractivity contribution is -0.147. The van der Waals surface area contributed by atoms with E-state index in [1.165, 1.54) is 7.11 Å².